The van der Waals surface area contributed by atoms with E-state index >= 15 is 0 Å². The average Bonchev–Trinajstić information content (AvgIpc) is 2.27. The smallest absolute Gasteiger partial charge is 0.124 e. The molecule has 1 aromatic rings. The second-order valence-corrected chi connectivity index (χ2v) is 4.63. The lowest BCUT2D eigenvalue weighted by molar-refractivity contribution is 0.271. The Morgan fingerprint density at radius 2 is 2.31 bits per heavy atom. The second-order valence-electron chi connectivity index (χ2n) is 3.54. The summed E-state index contributed by atoms with van der Waals surface area (Å²) in [6.07, 6.45) is 0.732. The third-order valence-corrected chi connectivity index (χ3v) is 3.37. The predicted molar refractivity (Wildman–Crippen MR) is 66.3 cm³/mol. The molecule has 0 fully saturated rings. The molecule has 16 heavy (non-hydrogen) atoms. The monoisotopic (exact) mass is 243 g/mol. The van der Waals surface area contributed by atoms with Gasteiger partial charge in [-0.2, -0.15) is 0 Å². The van der Waals surface area contributed by atoms with Crippen LogP contribution >= 0.6 is 11.8 Å². The van der Waals surface area contributed by atoms with Gasteiger partial charge in [-0.15, -0.1) is 11.8 Å². The van der Waals surface area contributed by atoms with Gasteiger partial charge in [0.05, 0.1) is 0 Å². The van der Waals surface area contributed by atoms with Crippen LogP contribution in [0.25, 0.3) is 0 Å². The fourth-order valence-electron chi connectivity index (χ4n) is 1.44. The van der Waals surface area contributed by atoms with Crippen molar-refractivity contribution in [1.82, 2.24) is 5.32 Å². The van der Waals surface area contributed by atoms with Crippen molar-refractivity contribution in [3.63, 3.8) is 0 Å². The maximum Gasteiger partial charge on any atom is 0.124 e. The molecule has 0 aliphatic rings. The predicted octanol–water partition coefficient (Wildman–Crippen LogP) is 2.28. The third-order valence-electron chi connectivity index (χ3n) is 2.22. The zero-order valence-corrected chi connectivity index (χ0v) is 10.3. The van der Waals surface area contributed by atoms with E-state index in [2.05, 4.69) is 5.32 Å². The second kappa shape index (κ2) is 7.65. The first-order valence-corrected chi connectivity index (χ1v) is 6.47. The summed E-state index contributed by atoms with van der Waals surface area (Å²) in [6, 6.07) is 6.87. The number of thioether (sulfide) groups is 1. The molecule has 1 atom stereocenters. The van der Waals surface area contributed by atoms with Crippen molar-refractivity contribution in [3.05, 3.63) is 30.1 Å². The molecule has 0 aliphatic heterocycles. The van der Waals surface area contributed by atoms with Crippen molar-refractivity contribution in [2.75, 3.05) is 18.9 Å². The fourth-order valence-corrected chi connectivity index (χ4v) is 2.49. The molecule has 0 aliphatic carbocycles. The summed E-state index contributed by atoms with van der Waals surface area (Å²) >= 11 is 1.61. The van der Waals surface area contributed by atoms with Crippen molar-refractivity contribution < 1.29 is 9.50 Å². The molecule has 0 spiro atoms. The summed E-state index contributed by atoms with van der Waals surface area (Å²) < 4.78 is 12.9. The van der Waals surface area contributed by atoms with Gasteiger partial charge in [0.15, 0.2) is 0 Å². The highest BCUT2D eigenvalue weighted by Gasteiger charge is 2.07. The average molecular weight is 243 g/mol. The number of benzene rings is 1. The van der Waals surface area contributed by atoms with Gasteiger partial charge in [-0.1, -0.05) is 13.0 Å². The number of halogens is 1. The van der Waals surface area contributed by atoms with Crippen molar-refractivity contribution in [3.8, 4) is 0 Å². The Labute approximate surface area is 100 Å². The van der Waals surface area contributed by atoms with Crippen LogP contribution in [-0.4, -0.2) is 30.1 Å². The number of hydrogen-bond donors (Lipinski definition) is 2. The molecule has 1 unspecified atom stereocenters. The minimum absolute atomic E-state index is 0.182. The molecule has 0 saturated carbocycles. The van der Waals surface area contributed by atoms with Crippen LogP contribution in [0.3, 0.4) is 0 Å². The zero-order valence-electron chi connectivity index (χ0n) is 9.45. The van der Waals surface area contributed by atoms with Gasteiger partial charge >= 0.3 is 0 Å². The van der Waals surface area contributed by atoms with E-state index in [0.29, 0.717) is 0 Å². The van der Waals surface area contributed by atoms with E-state index in [1.807, 2.05) is 13.0 Å². The van der Waals surface area contributed by atoms with E-state index in [4.69, 9.17) is 5.11 Å². The van der Waals surface area contributed by atoms with Crippen LogP contribution in [0.5, 0.6) is 0 Å². The van der Waals surface area contributed by atoms with Crippen LogP contribution in [0, 0.1) is 5.82 Å². The van der Waals surface area contributed by atoms with Crippen LogP contribution in [0.4, 0.5) is 4.39 Å². The van der Waals surface area contributed by atoms with Gasteiger partial charge in [-0.05, 0) is 31.2 Å². The Morgan fingerprint density at radius 1 is 1.50 bits per heavy atom. The first-order chi connectivity index (χ1) is 7.76. The molecule has 0 saturated heterocycles. The zero-order chi connectivity index (χ0) is 11.8. The first kappa shape index (κ1) is 13.5. The first-order valence-electron chi connectivity index (χ1n) is 5.49. The number of rotatable bonds is 7. The SMILES string of the molecule is CCNC(CCO)CSc1cccc(F)c1. The highest BCUT2D eigenvalue weighted by atomic mass is 32.2. The largest absolute Gasteiger partial charge is 0.396 e. The van der Waals surface area contributed by atoms with E-state index < -0.39 is 0 Å². The Kier molecular flexibility index (Phi) is 6.45. The van der Waals surface area contributed by atoms with Gasteiger partial charge in [-0.25, -0.2) is 4.39 Å². The van der Waals surface area contributed by atoms with Crippen LogP contribution < -0.4 is 5.32 Å². The van der Waals surface area contributed by atoms with Gasteiger partial charge < -0.3 is 10.4 Å². The van der Waals surface area contributed by atoms with Crippen molar-refractivity contribution in [2.45, 2.75) is 24.3 Å². The highest BCUT2D eigenvalue weighted by molar-refractivity contribution is 7.99. The van der Waals surface area contributed by atoms with Crippen LogP contribution in [0.1, 0.15) is 13.3 Å². The molecule has 2 nitrogen and oxygen atoms in total. The van der Waals surface area contributed by atoms with E-state index in [1.165, 1.54) is 12.1 Å². The summed E-state index contributed by atoms with van der Waals surface area (Å²) in [6.45, 7) is 3.10. The Morgan fingerprint density at radius 3 is 2.94 bits per heavy atom. The molecule has 1 rings (SSSR count). The Balaban J connectivity index is 2.41. The summed E-state index contributed by atoms with van der Waals surface area (Å²) in [5.41, 5.74) is 0. The molecule has 0 amide bonds. The number of aliphatic hydroxyl groups excluding tert-OH is 1. The van der Waals surface area contributed by atoms with Gasteiger partial charge in [0, 0.05) is 23.3 Å². The van der Waals surface area contributed by atoms with Crippen molar-refractivity contribution in [2.24, 2.45) is 0 Å². The quantitative estimate of drug-likeness (QED) is 0.721. The standard InChI is InChI=1S/C12H18FNOS/c1-2-14-11(6-7-15)9-16-12-5-3-4-10(13)8-12/h3-5,8,11,14-15H,2,6-7,9H2,1H3. The molecule has 0 aromatic heterocycles. The molecule has 0 heterocycles. The van der Waals surface area contributed by atoms with Crippen LogP contribution in [-0.2, 0) is 0 Å². The van der Waals surface area contributed by atoms with Crippen LogP contribution in [0.2, 0.25) is 0 Å². The van der Waals surface area contributed by atoms with Crippen molar-refractivity contribution >= 4 is 11.8 Å². The molecule has 4 heteroatoms. The number of aliphatic hydroxyl groups is 1. The molecular weight excluding hydrogens is 225 g/mol. The molecule has 90 valence electrons. The topological polar surface area (TPSA) is 32.3 Å². The lowest BCUT2D eigenvalue weighted by Gasteiger charge is -2.16. The Hall–Kier alpha value is -0.580. The summed E-state index contributed by atoms with van der Waals surface area (Å²) in [7, 11) is 0. The molecular formula is C12H18FNOS. The molecule has 0 radical (unpaired) electrons. The minimum Gasteiger partial charge on any atom is -0.396 e. The fraction of sp³-hybridized carbons (Fsp3) is 0.500. The molecule has 1 aromatic carbocycles. The third kappa shape index (κ3) is 4.96. The highest BCUT2D eigenvalue weighted by Crippen LogP contribution is 2.20. The van der Waals surface area contributed by atoms with E-state index in [1.54, 1.807) is 17.8 Å². The summed E-state index contributed by atoms with van der Waals surface area (Å²) in [5, 5.41) is 12.2. The normalized spacial score (nSPS) is 12.7. The summed E-state index contributed by atoms with van der Waals surface area (Å²) in [5.74, 6) is 0.643. The van der Waals surface area contributed by atoms with E-state index in [0.717, 1.165) is 23.6 Å². The van der Waals surface area contributed by atoms with Gasteiger partial charge in [0.2, 0.25) is 0 Å². The Bertz CT molecular complexity index is 303. The number of nitrogens with one attached hydrogen (secondary N) is 1. The van der Waals surface area contributed by atoms with Gasteiger partial charge in [-0.3, -0.25) is 0 Å². The van der Waals surface area contributed by atoms with E-state index in [-0.39, 0.29) is 18.5 Å². The van der Waals surface area contributed by atoms with Gasteiger partial charge in [0.25, 0.3) is 0 Å². The number of hydrogen-bond acceptors (Lipinski definition) is 3. The maximum atomic E-state index is 12.9. The minimum atomic E-state index is -0.202. The molecule has 0 bridgehead atoms. The van der Waals surface area contributed by atoms with Gasteiger partial charge in [0.1, 0.15) is 5.82 Å². The lowest BCUT2D eigenvalue weighted by Crippen LogP contribution is -2.31. The summed E-state index contributed by atoms with van der Waals surface area (Å²) in [4.78, 5) is 0.931. The lowest BCUT2D eigenvalue weighted by atomic mass is 10.2. The van der Waals surface area contributed by atoms with E-state index in [9.17, 15) is 4.39 Å². The van der Waals surface area contributed by atoms with Crippen LogP contribution in [0.15, 0.2) is 29.2 Å². The molecule has 2 N–H and O–H groups in total. The maximum absolute atomic E-state index is 12.9. The van der Waals surface area contributed by atoms with Crippen molar-refractivity contribution in [1.29, 1.82) is 0 Å².